The third-order valence-electron chi connectivity index (χ3n) is 7.05. The molecule has 4 saturated heterocycles. The lowest BCUT2D eigenvalue weighted by molar-refractivity contribution is -0.568. The average Bonchev–Trinajstić information content (AvgIpc) is 2.91. The number of hydrogen-bond acceptors (Lipinski definition) is 8. The van der Waals surface area contributed by atoms with Crippen molar-refractivity contribution in [2.75, 3.05) is 18.6 Å². The smallest absolute Gasteiger partial charge is 0.219 e. The van der Waals surface area contributed by atoms with Crippen molar-refractivity contribution < 1.29 is 24.0 Å². The van der Waals surface area contributed by atoms with E-state index in [0.717, 1.165) is 31.4 Å². The monoisotopic (exact) mass is 448 g/mol. The lowest BCUT2D eigenvalue weighted by atomic mass is 9.58. The van der Waals surface area contributed by atoms with Crippen molar-refractivity contribution >= 4 is 40.1 Å². The Kier molecular flexibility index (Phi) is 6.59. The molecule has 0 aromatic rings. The van der Waals surface area contributed by atoms with Gasteiger partial charge in [0, 0.05) is 12.3 Å². The van der Waals surface area contributed by atoms with E-state index in [1.54, 1.807) is 0 Å². The van der Waals surface area contributed by atoms with Gasteiger partial charge in [-0.3, -0.25) is 0 Å². The highest BCUT2D eigenvalue weighted by molar-refractivity contribution is 8.22. The summed E-state index contributed by atoms with van der Waals surface area (Å²) in [5, 5.41) is 0. The summed E-state index contributed by atoms with van der Waals surface area (Å²) < 4.78 is 19.1. The van der Waals surface area contributed by atoms with Crippen LogP contribution < -0.4 is 0 Å². The Morgan fingerprint density at radius 3 is 2.79 bits per heavy atom. The average molecular weight is 449 g/mol. The second-order valence-electron chi connectivity index (χ2n) is 8.80. The first-order valence-electron chi connectivity index (χ1n) is 10.4. The summed E-state index contributed by atoms with van der Waals surface area (Å²) >= 11 is 8.43. The summed E-state index contributed by atoms with van der Waals surface area (Å²) in [4.78, 5) is 12.1. The third kappa shape index (κ3) is 3.76. The summed E-state index contributed by atoms with van der Waals surface area (Å²) in [7, 11) is 0. The zero-order chi connectivity index (χ0) is 19.9. The number of fused-ring (bicyclic) bond motifs is 2. The van der Waals surface area contributed by atoms with Crippen LogP contribution >= 0.6 is 35.7 Å². The molecule has 0 aromatic carbocycles. The van der Waals surface area contributed by atoms with E-state index in [0.29, 0.717) is 34.7 Å². The van der Waals surface area contributed by atoms with Gasteiger partial charge in [-0.25, -0.2) is 9.78 Å². The second-order valence-corrected chi connectivity index (χ2v) is 11.4. The molecule has 5 nitrogen and oxygen atoms in total. The molecule has 0 unspecified atom stereocenters. The lowest BCUT2D eigenvalue weighted by Gasteiger charge is -2.60. The van der Waals surface area contributed by atoms with Crippen LogP contribution in [0.25, 0.3) is 0 Å². The van der Waals surface area contributed by atoms with E-state index in [1.807, 2.05) is 24.9 Å². The zero-order valence-corrected chi connectivity index (χ0v) is 19.6. The molecule has 2 bridgehead atoms. The molecule has 5 aliphatic rings. The van der Waals surface area contributed by atoms with Gasteiger partial charge in [0.15, 0.2) is 11.9 Å². The first kappa shape index (κ1) is 21.7. The van der Waals surface area contributed by atoms with E-state index < -0.39 is 11.4 Å². The van der Waals surface area contributed by atoms with Gasteiger partial charge in [0.25, 0.3) is 0 Å². The molecular formula is C20H32O5S3. The van der Waals surface area contributed by atoms with Crippen LogP contribution in [-0.4, -0.2) is 46.1 Å². The largest absolute Gasteiger partial charge is 0.479 e. The van der Waals surface area contributed by atoms with Gasteiger partial charge in [-0.1, -0.05) is 25.6 Å². The summed E-state index contributed by atoms with van der Waals surface area (Å²) in [5.41, 5.74) is -0.355. The van der Waals surface area contributed by atoms with E-state index in [4.69, 9.17) is 36.2 Å². The van der Waals surface area contributed by atoms with Crippen molar-refractivity contribution in [2.45, 2.75) is 76.0 Å². The molecule has 1 spiro atoms. The van der Waals surface area contributed by atoms with Crippen molar-refractivity contribution in [2.24, 2.45) is 23.7 Å². The Bertz CT molecular complexity index is 592. The van der Waals surface area contributed by atoms with Gasteiger partial charge in [0.2, 0.25) is 10.2 Å². The highest BCUT2D eigenvalue weighted by Crippen LogP contribution is 2.61. The van der Waals surface area contributed by atoms with Crippen LogP contribution in [0.1, 0.15) is 52.9 Å². The number of hydrogen-bond donors (Lipinski definition) is 0. The zero-order valence-electron chi connectivity index (χ0n) is 17.2. The van der Waals surface area contributed by atoms with Gasteiger partial charge in [0.1, 0.15) is 5.44 Å². The molecule has 0 radical (unpaired) electrons. The van der Waals surface area contributed by atoms with Gasteiger partial charge >= 0.3 is 0 Å². The summed E-state index contributed by atoms with van der Waals surface area (Å²) in [6.45, 7) is 7.30. The first-order valence-corrected chi connectivity index (χ1v) is 13.1. The van der Waals surface area contributed by atoms with Gasteiger partial charge in [-0.2, -0.15) is 0 Å². The van der Waals surface area contributed by atoms with Gasteiger partial charge in [-0.05, 0) is 74.6 Å². The Hall–Kier alpha value is 0.430. The minimum Gasteiger partial charge on any atom is -0.479 e. The van der Waals surface area contributed by atoms with Crippen LogP contribution in [-0.2, 0) is 24.0 Å². The SMILES string of the molecule is CSC(=S)OCCCS[C@@H]1O[C@@H]2O[C@]3(C)CC[C@H]4[C@H](C)CC[C@@H]([C@H]1C)[C@@]24OO3. The predicted octanol–water partition coefficient (Wildman–Crippen LogP) is 4.98. The Balaban J connectivity index is 1.45. The molecular weight excluding hydrogens is 416 g/mol. The minimum absolute atomic E-state index is 0.105. The molecule has 0 N–H and O–H groups in total. The van der Waals surface area contributed by atoms with Crippen LogP contribution in [0, 0.1) is 23.7 Å². The highest BCUT2D eigenvalue weighted by Gasteiger charge is 2.69. The van der Waals surface area contributed by atoms with Gasteiger partial charge in [0.05, 0.1) is 6.61 Å². The molecule has 5 rings (SSSR count). The first-order chi connectivity index (χ1) is 13.4. The molecule has 1 saturated carbocycles. The lowest BCUT2D eigenvalue weighted by Crippen LogP contribution is -2.70. The Labute approximate surface area is 182 Å². The topological polar surface area (TPSA) is 46.2 Å². The molecule has 28 heavy (non-hydrogen) atoms. The highest BCUT2D eigenvalue weighted by atomic mass is 32.2. The fourth-order valence-electron chi connectivity index (χ4n) is 5.54. The quantitative estimate of drug-likeness (QED) is 0.331. The van der Waals surface area contributed by atoms with Crippen molar-refractivity contribution in [3.05, 3.63) is 0 Å². The van der Waals surface area contributed by atoms with Crippen molar-refractivity contribution in [1.29, 1.82) is 0 Å². The molecule has 160 valence electrons. The van der Waals surface area contributed by atoms with E-state index in [1.165, 1.54) is 18.2 Å². The number of ether oxygens (including phenoxy) is 3. The van der Waals surface area contributed by atoms with Crippen molar-refractivity contribution in [1.82, 2.24) is 0 Å². The van der Waals surface area contributed by atoms with Crippen molar-refractivity contribution in [3.63, 3.8) is 0 Å². The maximum Gasteiger partial charge on any atom is 0.219 e. The minimum atomic E-state index is -0.700. The maximum atomic E-state index is 6.57. The molecule has 0 amide bonds. The van der Waals surface area contributed by atoms with Crippen LogP contribution in [0.3, 0.4) is 0 Å². The Morgan fingerprint density at radius 1 is 1.18 bits per heavy atom. The van der Waals surface area contributed by atoms with Gasteiger partial charge < -0.3 is 14.2 Å². The third-order valence-corrected chi connectivity index (χ3v) is 9.52. The Morgan fingerprint density at radius 2 is 2.00 bits per heavy atom. The normalized spacial score (nSPS) is 47.3. The second kappa shape index (κ2) is 8.52. The summed E-state index contributed by atoms with van der Waals surface area (Å²) in [6.07, 6.45) is 6.86. The molecule has 5 fully saturated rings. The van der Waals surface area contributed by atoms with E-state index in [9.17, 15) is 0 Å². The maximum absolute atomic E-state index is 6.57. The fraction of sp³-hybridized carbons (Fsp3) is 0.950. The number of thiocarbonyl (C=S) groups is 1. The van der Waals surface area contributed by atoms with Crippen LogP contribution in [0.4, 0.5) is 0 Å². The molecule has 4 heterocycles. The fourth-order valence-corrected chi connectivity index (χ4v) is 7.01. The van der Waals surface area contributed by atoms with Crippen molar-refractivity contribution in [3.8, 4) is 0 Å². The summed E-state index contributed by atoms with van der Waals surface area (Å²) in [5.74, 6) is 2.09. The van der Waals surface area contributed by atoms with E-state index in [2.05, 4.69) is 13.8 Å². The number of thioether (sulfide) groups is 2. The molecule has 8 atom stereocenters. The van der Waals surface area contributed by atoms with Crippen LogP contribution in [0.2, 0.25) is 0 Å². The molecule has 1 aliphatic carbocycles. The molecule has 0 aromatic heterocycles. The van der Waals surface area contributed by atoms with Crippen LogP contribution in [0.15, 0.2) is 0 Å². The van der Waals surface area contributed by atoms with Crippen LogP contribution in [0.5, 0.6) is 0 Å². The van der Waals surface area contributed by atoms with E-state index in [-0.39, 0.29) is 11.7 Å². The summed E-state index contributed by atoms with van der Waals surface area (Å²) in [6, 6.07) is 0. The van der Waals surface area contributed by atoms with E-state index >= 15 is 0 Å². The molecule has 4 aliphatic heterocycles. The van der Waals surface area contributed by atoms with Gasteiger partial charge in [-0.15, -0.1) is 11.8 Å². The number of rotatable bonds is 5. The predicted molar refractivity (Wildman–Crippen MR) is 116 cm³/mol. The standard InChI is InChI=1S/C20H32O5S3/c1-12-6-7-15-13(2)16(28-11-5-10-21-18(26)27-4)22-17-20(15)14(12)8-9-19(3,23-17)24-25-20/h12-17H,5-11H2,1-4H3/t12-,13-,14+,15+,16+,17-,19+,20-/m1/s1. The molecule has 8 heteroatoms.